The van der Waals surface area contributed by atoms with Crippen LogP contribution in [0, 0.1) is 0 Å². The zero-order chi connectivity index (χ0) is 24.2. The molecule has 4 aromatic rings. The Kier molecular flexibility index (Phi) is 6.58. The molecule has 8 nitrogen and oxygen atoms in total. The number of hydrogen-bond acceptors (Lipinski definition) is 5. The fourth-order valence-corrected chi connectivity index (χ4v) is 4.10. The number of fused-ring (bicyclic) bond motifs is 1. The highest BCUT2D eigenvalue weighted by molar-refractivity contribution is 5.79. The Bertz CT molecular complexity index is 1380. The molecule has 3 aromatic carbocycles. The van der Waals surface area contributed by atoms with Crippen molar-refractivity contribution >= 4 is 16.9 Å². The van der Waals surface area contributed by atoms with Gasteiger partial charge in [0.15, 0.2) is 11.5 Å². The van der Waals surface area contributed by atoms with E-state index in [2.05, 4.69) is 5.32 Å². The number of carbonyl (C=O) groups excluding carboxylic acids is 1. The Balaban J connectivity index is 1.87. The summed E-state index contributed by atoms with van der Waals surface area (Å²) in [5.74, 6) is 1.41. The quantitative estimate of drug-likeness (QED) is 0.434. The number of carbonyl (C=O) groups is 1. The van der Waals surface area contributed by atoms with Crippen molar-refractivity contribution in [1.29, 1.82) is 0 Å². The van der Waals surface area contributed by atoms with Crippen LogP contribution >= 0.6 is 0 Å². The van der Waals surface area contributed by atoms with Crippen molar-refractivity contribution in [3.63, 3.8) is 0 Å². The van der Waals surface area contributed by atoms with Gasteiger partial charge in [0.05, 0.1) is 44.6 Å². The van der Waals surface area contributed by atoms with Crippen LogP contribution in [0.1, 0.15) is 18.1 Å². The molecule has 1 heterocycles. The SMILES string of the molecule is COc1cc(Cn2c(=O)n(-c3ccccc3CNC(C)=O)c3ccccc32)cc(OC)c1OC. The predicted octanol–water partition coefficient (Wildman–Crippen LogP) is 3.50. The molecule has 0 unspecified atom stereocenters. The first-order valence-corrected chi connectivity index (χ1v) is 10.8. The zero-order valence-corrected chi connectivity index (χ0v) is 19.6. The molecule has 0 radical (unpaired) electrons. The molecule has 0 aliphatic rings. The van der Waals surface area contributed by atoms with Crippen molar-refractivity contribution < 1.29 is 19.0 Å². The number of hydrogen-bond donors (Lipinski definition) is 1. The van der Waals surface area contributed by atoms with Gasteiger partial charge in [0.1, 0.15) is 0 Å². The minimum Gasteiger partial charge on any atom is -0.493 e. The van der Waals surface area contributed by atoms with Gasteiger partial charge in [0.2, 0.25) is 11.7 Å². The highest BCUT2D eigenvalue weighted by Gasteiger charge is 2.19. The maximum atomic E-state index is 13.8. The summed E-state index contributed by atoms with van der Waals surface area (Å²) in [6, 6.07) is 18.9. The molecule has 4 rings (SSSR count). The number of amides is 1. The molecule has 0 saturated carbocycles. The van der Waals surface area contributed by atoms with Crippen LogP contribution in [0.3, 0.4) is 0 Å². The van der Waals surface area contributed by atoms with E-state index in [0.29, 0.717) is 30.3 Å². The smallest absolute Gasteiger partial charge is 0.334 e. The maximum Gasteiger partial charge on any atom is 0.334 e. The fraction of sp³-hybridized carbons (Fsp3) is 0.231. The number of para-hydroxylation sites is 3. The summed E-state index contributed by atoms with van der Waals surface area (Å²) in [6.45, 7) is 2.10. The van der Waals surface area contributed by atoms with Gasteiger partial charge in [0, 0.05) is 13.5 Å². The van der Waals surface area contributed by atoms with Crippen LogP contribution in [0.5, 0.6) is 17.2 Å². The molecule has 176 valence electrons. The van der Waals surface area contributed by atoms with E-state index in [-0.39, 0.29) is 11.6 Å². The number of ether oxygens (including phenoxy) is 3. The maximum absolute atomic E-state index is 13.8. The van der Waals surface area contributed by atoms with Crippen molar-refractivity contribution in [1.82, 2.24) is 14.5 Å². The first kappa shape index (κ1) is 23.0. The second kappa shape index (κ2) is 9.74. The van der Waals surface area contributed by atoms with Crippen molar-refractivity contribution in [2.45, 2.75) is 20.0 Å². The number of benzene rings is 3. The number of rotatable bonds is 8. The third kappa shape index (κ3) is 4.22. The van der Waals surface area contributed by atoms with E-state index in [1.165, 1.54) is 6.92 Å². The monoisotopic (exact) mass is 461 g/mol. The van der Waals surface area contributed by atoms with Gasteiger partial charge in [-0.15, -0.1) is 0 Å². The Labute approximate surface area is 197 Å². The number of aromatic nitrogens is 2. The molecule has 0 aliphatic heterocycles. The van der Waals surface area contributed by atoms with E-state index < -0.39 is 0 Å². The molecule has 1 N–H and O–H groups in total. The minimum atomic E-state index is -0.190. The molecule has 0 spiro atoms. The van der Waals surface area contributed by atoms with E-state index in [1.54, 1.807) is 30.5 Å². The van der Waals surface area contributed by atoms with E-state index in [1.807, 2.05) is 60.7 Å². The van der Waals surface area contributed by atoms with E-state index in [4.69, 9.17) is 14.2 Å². The topological polar surface area (TPSA) is 83.7 Å². The summed E-state index contributed by atoms with van der Waals surface area (Å²) in [6.07, 6.45) is 0. The molecule has 0 aliphatic carbocycles. The predicted molar refractivity (Wildman–Crippen MR) is 130 cm³/mol. The van der Waals surface area contributed by atoms with E-state index in [9.17, 15) is 9.59 Å². The standard InChI is InChI=1S/C26H27N3O5/c1-17(30)27-15-19-9-5-6-10-20(19)29-22-12-8-7-11-21(22)28(26(29)31)16-18-13-23(32-2)25(34-4)24(14-18)33-3/h5-14H,15-16H2,1-4H3,(H,27,30). The van der Waals surface area contributed by atoms with Gasteiger partial charge in [0.25, 0.3) is 0 Å². The van der Waals surface area contributed by atoms with Crippen LogP contribution in [-0.2, 0) is 17.9 Å². The summed E-state index contributed by atoms with van der Waals surface area (Å²) < 4.78 is 19.8. The van der Waals surface area contributed by atoms with E-state index >= 15 is 0 Å². The van der Waals surface area contributed by atoms with Gasteiger partial charge in [-0.05, 0) is 41.5 Å². The molecule has 0 atom stereocenters. The zero-order valence-electron chi connectivity index (χ0n) is 19.6. The van der Waals surface area contributed by atoms with Gasteiger partial charge in [-0.25, -0.2) is 4.79 Å². The summed E-state index contributed by atoms with van der Waals surface area (Å²) in [5.41, 5.74) is 3.76. The van der Waals surface area contributed by atoms with Gasteiger partial charge in [-0.2, -0.15) is 0 Å². The van der Waals surface area contributed by atoms with Crippen LogP contribution in [-0.4, -0.2) is 36.4 Å². The Morgan fingerprint density at radius 1 is 0.882 bits per heavy atom. The number of nitrogens with zero attached hydrogens (tertiary/aromatic N) is 2. The first-order chi connectivity index (χ1) is 16.5. The number of imidazole rings is 1. The summed E-state index contributed by atoms with van der Waals surface area (Å²) in [7, 11) is 4.67. The summed E-state index contributed by atoms with van der Waals surface area (Å²) in [5, 5.41) is 2.82. The van der Waals surface area contributed by atoms with Gasteiger partial charge >= 0.3 is 5.69 Å². The minimum absolute atomic E-state index is 0.132. The average Bonchev–Trinajstić information content (AvgIpc) is 3.13. The lowest BCUT2D eigenvalue weighted by atomic mass is 10.1. The third-order valence-electron chi connectivity index (χ3n) is 5.66. The normalized spacial score (nSPS) is 10.8. The molecule has 1 aromatic heterocycles. The van der Waals surface area contributed by atoms with Crippen molar-refractivity contribution in [3.05, 3.63) is 82.3 Å². The van der Waals surface area contributed by atoms with Gasteiger partial charge in [-0.1, -0.05) is 30.3 Å². The van der Waals surface area contributed by atoms with Gasteiger partial charge < -0.3 is 19.5 Å². The van der Waals surface area contributed by atoms with Crippen LogP contribution in [0.2, 0.25) is 0 Å². The highest BCUT2D eigenvalue weighted by atomic mass is 16.5. The molecule has 1 amide bonds. The van der Waals surface area contributed by atoms with Gasteiger partial charge in [-0.3, -0.25) is 13.9 Å². The summed E-state index contributed by atoms with van der Waals surface area (Å²) in [4.78, 5) is 25.3. The highest BCUT2D eigenvalue weighted by Crippen LogP contribution is 2.38. The van der Waals surface area contributed by atoms with Crippen LogP contribution < -0.4 is 25.2 Å². The Morgan fingerprint density at radius 2 is 1.50 bits per heavy atom. The van der Waals surface area contributed by atoms with Crippen LogP contribution in [0.4, 0.5) is 0 Å². The molecule has 0 bridgehead atoms. The molecule has 0 saturated heterocycles. The summed E-state index contributed by atoms with van der Waals surface area (Å²) >= 11 is 0. The number of methoxy groups -OCH3 is 3. The molecule has 34 heavy (non-hydrogen) atoms. The second-order valence-electron chi connectivity index (χ2n) is 7.76. The second-order valence-corrected chi connectivity index (χ2v) is 7.76. The first-order valence-electron chi connectivity index (χ1n) is 10.8. The van der Waals surface area contributed by atoms with Crippen LogP contribution in [0.25, 0.3) is 16.7 Å². The molecule has 8 heteroatoms. The average molecular weight is 462 g/mol. The van der Waals surface area contributed by atoms with Crippen molar-refractivity contribution in [3.8, 4) is 22.9 Å². The lowest BCUT2D eigenvalue weighted by Gasteiger charge is -2.14. The largest absolute Gasteiger partial charge is 0.493 e. The lowest BCUT2D eigenvalue weighted by Crippen LogP contribution is -2.26. The van der Waals surface area contributed by atoms with Crippen LogP contribution in [0.15, 0.2) is 65.5 Å². The molecule has 0 fully saturated rings. The molecular formula is C26H27N3O5. The Hall–Kier alpha value is -4.20. The van der Waals surface area contributed by atoms with Crippen molar-refractivity contribution in [2.24, 2.45) is 0 Å². The molecular weight excluding hydrogens is 434 g/mol. The Morgan fingerprint density at radius 3 is 2.12 bits per heavy atom. The lowest BCUT2D eigenvalue weighted by molar-refractivity contribution is -0.119. The fourth-order valence-electron chi connectivity index (χ4n) is 4.10. The van der Waals surface area contributed by atoms with E-state index in [0.717, 1.165) is 27.8 Å². The van der Waals surface area contributed by atoms with Crippen molar-refractivity contribution in [2.75, 3.05) is 21.3 Å². The number of nitrogens with one attached hydrogen (secondary N) is 1. The third-order valence-corrected chi connectivity index (χ3v) is 5.66.